The lowest BCUT2D eigenvalue weighted by atomic mass is 9.81. The van der Waals surface area contributed by atoms with E-state index >= 15 is 0 Å². The third-order valence-electron chi connectivity index (χ3n) is 4.38. The van der Waals surface area contributed by atoms with Crippen LogP contribution in [0.15, 0.2) is 89.9 Å². The first-order valence-electron chi connectivity index (χ1n) is 7.71. The quantitative estimate of drug-likeness (QED) is 0.686. The first-order chi connectivity index (χ1) is 11.4. The van der Waals surface area contributed by atoms with Gasteiger partial charge >= 0.3 is 0 Å². The number of methoxy groups -OCH3 is 1. The minimum absolute atomic E-state index is 0.667. The molecule has 0 spiro atoms. The first kappa shape index (κ1) is 13.9. The largest absolute Gasteiger partial charge is 0.362 e. The molecule has 1 unspecified atom stereocenters. The number of ether oxygens (including phenoxy) is 1. The van der Waals surface area contributed by atoms with Crippen molar-refractivity contribution in [2.75, 3.05) is 7.11 Å². The number of nitrogens with zero attached hydrogens (tertiary/aromatic N) is 1. The lowest BCUT2D eigenvalue weighted by Crippen LogP contribution is -2.37. The van der Waals surface area contributed by atoms with Crippen LogP contribution in [0.4, 0.5) is 5.69 Å². The van der Waals surface area contributed by atoms with Gasteiger partial charge in [-0.2, -0.15) is 0 Å². The zero-order chi connectivity index (χ0) is 15.7. The Morgan fingerprint density at radius 1 is 0.739 bits per heavy atom. The summed E-state index contributed by atoms with van der Waals surface area (Å²) in [4.78, 5) is 4.91. The number of rotatable bonds is 3. The Hall–Kier alpha value is -2.71. The van der Waals surface area contributed by atoms with Crippen molar-refractivity contribution >= 4 is 11.4 Å². The number of benzene rings is 3. The smallest absolute Gasteiger partial charge is 0.162 e. The lowest BCUT2D eigenvalue weighted by Gasteiger charge is -2.31. The van der Waals surface area contributed by atoms with Gasteiger partial charge in [0.1, 0.15) is 0 Å². The molecule has 4 rings (SSSR count). The average molecular weight is 299 g/mol. The van der Waals surface area contributed by atoms with Crippen LogP contribution < -0.4 is 0 Å². The van der Waals surface area contributed by atoms with E-state index in [-0.39, 0.29) is 0 Å². The van der Waals surface area contributed by atoms with E-state index in [0.29, 0.717) is 0 Å². The van der Waals surface area contributed by atoms with Crippen LogP contribution in [0.2, 0.25) is 0 Å². The molecule has 0 N–H and O–H groups in total. The van der Waals surface area contributed by atoms with Crippen LogP contribution in [0.5, 0.6) is 0 Å². The van der Waals surface area contributed by atoms with Gasteiger partial charge in [0.2, 0.25) is 0 Å². The van der Waals surface area contributed by atoms with Crippen molar-refractivity contribution in [3.05, 3.63) is 102 Å². The third-order valence-corrected chi connectivity index (χ3v) is 4.38. The van der Waals surface area contributed by atoms with Gasteiger partial charge in [-0.1, -0.05) is 78.9 Å². The van der Waals surface area contributed by atoms with Crippen LogP contribution in [0, 0.1) is 0 Å². The van der Waals surface area contributed by atoms with Crippen LogP contribution in [0.1, 0.15) is 16.7 Å². The van der Waals surface area contributed by atoms with E-state index in [1.165, 1.54) is 0 Å². The van der Waals surface area contributed by atoms with Crippen LogP contribution in [-0.2, 0) is 10.3 Å². The number of aliphatic imine (C=N–C) groups is 1. The van der Waals surface area contributed by atoms with Crippen molar-refractivity contribution in [2.24, 2.45) is 4.99 Å². The monoisotopic (exact) mass is 299 g/mol. The van der Waals surface area contributed by atoms with Gasteiger partial charge in [0.25, 0.3) is 0 Å². The second kappa shape index (κ2) is 5.49. The summed E-state index contributed by atoms with van der Waals surface area (Å²) in [5.41, 5.74) is 4.50. The van der Waals surface area contributed by atoms with Gasteiger partial charge < -0.3 is 4.74 Å². The number of para-hydroxylation sites is 1. The van der Waals surface area contributed by atoms with Crippen LogP contribution in [0.3, 0.4) is 0 Å². The predicted molar refractivity (Wildman–Crippen MR) is 93.3 cm³/mol. The molecule has 0 saturated heterocycles. The van der Waals surface area contributed by atoms with E-state index < -0.39 is 5.60 Å². The van der Waals surface area contributed by atoms with Gasteiger partial charge in [0.15, 0.2) is 5.60 Å². The van der Waals surface area contributed by atoms with Crippen molar-refractivity contribution in [3.8, 4) is 0 Å². The molecule has 0 aliphatic carbocycles. The van der Waals surface area contributed by atoms with Gasteiger partial charge in [-0.25, -0.2) is 4.99 Å². The van der Waals surface area contributed by atoms with Crippen molar-refractivity contribution in [3.63, 3.8) is 0 Å². The maximum Gasteiger partial charge on any atom is 0.162 e. The van der Waals surface area contributed by atoms with Gasteiger partial charge in [-0.15, -0.1) is 0 Å². The standard InChI is InChI=1S/C21H17NO/c1-23-21(17-12-6-3-7-13-17)18-14-8-9-15-19(18)22-20(21)16-10-4-2-5-11-16/h2-15H,1H3. The molecule has 3 aromatic rings. The summed E-state index contributed by atoms with van der Waals surface area (Å²) in [5.74, 6) is 0. The zero-order valence-corrected chi connectivity index (χ0v) is 12.9. The van der Waals surface area contributed by atoms with Crippen LogP contribution >= 0.6 is 0 Å². The molecule has 1 aliphatic rings. The van der Waals surface area contributed by atoms with Crippen molar-refractivity contribution in [1.82, 2.24) is 0 Å². The fourth-order valence-electron chi connectivity index (χ4n) is 3.35. The molecule has 2 heteroatoms. The Labute approximate surface area is 136 Å². The molecule has 1 aliphatic heterocycles. The molecule has 1 heterocycles. The van der Waals surface area contributed by atoms with Gasteiger partial charge in [0, 0.05) is 12.7 Å². The Morgan fingerprint density at radius 3 is 2.04 bits per heavy atom. The molecule has 23 heavy (non-hydrogen) atoms. The van der Waals surface area contributed by atoms with Crippen LogP contribution in [0.25, 0.3) is 0 Å². The van der Waals surface area contributed by atoms with E-state index in [1.807, 2.05) is 54.6 Å². The fourth-order valence-corrected chi connectivity index (χ4v) is 3.35. The Bertz CT molecular complexity index is 855. The minimum atomic E-state index is -0.667. The molecule has 0 amide bonds. The van der Waals surface area contributed by atoms with Crippen molar-refractivity contribution < 1.29 is 4.74 Å². The highest BCUT2D eigenvalue weighted by molar-refractivity contribution is 6.13. The molecule has 112 valence electrons. The maximum absolute atomic E-state index is 6.15. The second-order valence-electron chi connectivity index (χ2n) is 5.59. The molecule has 0 aromatic heterocycles. The number of fused-ring (bicyclic) bond motifs is 1. The van der Waals surface area contributed by atoms with E-state index in [4.69, 9.17) is 9.73 Å². The Kier molecular flexibility index (Phi) is 3.32. The molecule has 1 atom stereocenters. The summed E-state index contributed by atoms with van der Waals surface area (Å²) in [7, 11) is 1.76. The molecule has 0 bridgehead atoms. The highest BCUT2D eigenvalue weighted by Gasteiger charge is 2.45. The lowest BCUT2D eigenvalue weighted by molar-refractivity contribution is 0.0868. The number of hydrogen-bond acceptors (Lipinski definition) is 2. The van der Waals surface area contributed by atoms with Gasteiger partial charge in [0.05, 0.1) is 11.4 Å². The molecule has 2 nitrogen and oxygen atoms in total. The van der Waals surface area contributed by atoms with E-state index in [1.54, 1.807) is 7.11 Å². The number of hydrogen-bond donors (Lipinski definition) is 0. The van der Waals surface area contributed by atoms with E-state index in [9.17, 15) is 0 Å². The molecular formula is C21H17NO. The van der Waals surface area contributed by atoms with Gasteiger partial charge in [-0.3, -0.25) is 0 Å². The maximum atomic E-state index is 6.15. The summed E-state index contributed by atoms with van der Waals surface area (Å²) in [5, 5.41) is 0. The Morgan fingerprint density at radius 2 is 1.35 bits per heavy atom. The van der Waals surface area contributed by atoms with Crippen molar-refractivity contribution in [2.45, 2.75) is 5.60 Å². The predicted octanol–water partition coefficient (Wildman–Crippen LogP) is 4.71. The SMILES string of the molecule is COC1(c2ccccc2)C(c2ccccc2)=Nc2ccccc21. The molecule has 0 fully saturated rings. The first-order valence-corrected chi connectivity index (χ1v) is 7.71. The van der Waals surface area contributed by atoms with E-state index in [0.717, 1.165) is 28.1 Å². The van der Waals surface area contributed by atoms with E-state index in [2.05, 4.69) is 30.3 Å². The summed E-state index contributed by atoms with van der Waals surface area (Å²) >= 11 is 0. The fraction of sp³-hybridized carbons (Fsp3) is 0.0952. The molecule has 3 aromatic carbocycles. The Balaban J connectivity index is 2.02. The molecule has 0 radical (unpaired) electrons. The topological polar surface area (TPSA) is 21.6 Å². The van der Waals surface area contributed by atoms with Gasteiger partial charge in [-0.05, 0) is 17.2 Å². The molecular weight excluding hydrogens is 282 g/mol. The van der Waals surface area contributed by atoms with Crippen molar-refractivity contribution in [1.29, 1.82) is 0 Å². The summed E-state index contributed by atoms with van der Waals surface area (Å²) < 4.78 is 6.15. The van der Waals surface area contributed by atoms with Crippen LogP contribution in [-0.4, -0.2) is 12.8 Å². The third kappa shape index (κ3) is 2.03. The second-order valence-corrected chi connectivity index (χ2v) is 5.59. The molecule has 0 saturated carbocycles. The summed E-state index contributed by atoms with van der Waals surface area (Å²) in [6.07, 6.45) is 0. The highest BCUT2D eigenvalue weighted by Crippen LogP contribution is 2.46. The summed E-state index contributed by atoms with van der Waals surface area (Å²) in [6.45, 7) is 0. The average Bonchev–Trinajstić information content (AvgIpc) is 2.98. The summed E-state index contributed by atoms with van der Waals surface area (Å²) in [6, 6.07) is 28.8. The highest BCUT2D eigenvalue weighted by atomic mass is 16.5. The minimum Gasteiger partial charge on any atom is -0.362 e. The zero-order valence-electron chi connectivity index (χ0n) is 12.9. The normalized spacial score (nSPS) is 19.3.